The van der Waals surface area contributed by atoms with Crippen LogP contribution in [0.2, 0.25) is 0 Å². The molecule has 106 valence electrons. The molecule has 1 aromatic heterocycles. The lowest BCUT2D eigenvalue weighted by atomic mass is 9.94. The Hall–Kier alpha value is -1.65. The molecule has 0 aliphatic heterocycles. The number of amides is 1. The summed E-state index contributed by atoms with van der Waals surface area (Å²) in [6.45, 7) is 2.53. The van der Waals surface area contributed by atoms with Crippen LogP contribution in [0.5, 0.6) is 0 Å². The number of carbonyl (C=O) groups is 1. The molecule has 0 radical (unpaired) electrons. The summed E-state index contributed by atoms with van der Waals surface area (Å²) >= 11 is 1.66. The Balaban J connectivity index is 2.01. The normalized spacial score (nSPS) is 13.8. The molecule has 2 N–H and O–H groups in total. The molecular formula is C16H20N2OS. The van der Waals surface area contributed by atoms with E-state index < -0.39 is 0 Å². The van der Waals surface area contributed by atoms with Crippen LogP contribution in [0.4, 0.5) is 0 Å². The molecule has 2 rings (SSSR count). The zero-order valence-corrected chi connectivity index (χ0v) is 12.6. The fourth-order valence-corrected chi connectivity index (χ4v) is 2.94. The third-order valence-electron chi connectivity index (χ3n) is 3.46. The number of hydrogen-bond donors (Lipinski definition) is 1. The Labute approximate surface area is 124 Å². The fourth-order valence-electron chi connectivity index (χ4n) is 2.18. The quantitative estimate of drug-likeness (QED) is 0.919. The van der Waals surface area contributed by atoms with Crippen molar-refractivity contribution in [2.75, 3.05) is 7.05 Å². The van der Waals surface area contributed by atoms with Gasteiger partial charge >= 0.3 is 0 Å². The largest absolute Gasteiger partial charge is 0.340 e. The van der Waals surface area contributed by atoms with Gasteiger partial charge in [0.25, 0.3) is 0 Å². The van der Waals surface area contributed by atoms with Gasteiger partial charge in [0.1, 0.15) is 0 Å². The van der Waals surface area contributed by atoms with Gasteiger partial charge in [-0.2, -0.15) is 0 Å². The van der Waals surface area contributed by atoms with Crippen molar-refractivity contribution in [1.29, 1.82) is 0 Å². The van der Waals surface area contributed by atoms with Crippen LogP contribution in [0.3, 0.4) is 0 Å². The van der Waals surface area contributed by atoms with Crippen molar-refractivity contribution in [3.05, 3.63) is 58.3 Å². The minimum absolute atomic E-state index is 0.0785. The Morgan fingerprint density at radius 3 is 2.55 bits per heavy atom. The van der Waals surface area contributed by atoms with Crippen molar-refractivity contribution in [3.8, 4) is 0 Å². The van der Waals surface area contributed by atoms with Crippen LogP contribution in [0.15, 0.2) is 47.8 Å². The van der Waals surface area contributed by atoms with Gasteiger partial charge in [-0.05, 0) is 17.0 Å². The second-order valence-electron chi connectivity index (χ2n) is 5.00. The van der Waals surface area contributed by atoms with E-state index in [1.54, 1.807) is 16.2 Å². The smallest absolute Gasteiger partial charge is 0.227 e. The summed E-state index contributed by atoms with van der Waals surface area (Å²) in [4.78, 5) is 15.4. The van der Waals surface area contributed by atoms with Gasteiger partial charge in [-0.3, -0.25) is 4.79 Å². The predicted octanol–water partition coefficient (Wildman–Crippen LogP) is 3.04. The second-order valence-corrected chi connectivity index (χ2v) is 6.03. The summed E-state index contributed by atoms with van der Waals surface area (Å²) < 4.78 is 0. The number of carbonyl (C=O) groups excluding carboxylic acids is 1. The third kappa shape index (κ3) is 3.46. The maximum atomic E-state index is 12.4. The van der Waals surface area contributed by atoms with Crippen molar-refractivity contribution in [2.24, 2.45) is 11.7 Å². The van der Waals surface area contributed by atoms with Gasteiger partial charge in [0.05, 0.1) is 12.5 Å². The second kappa shape index (κ2) is 6.68. The first-order chi connectivity index (χ1) is 9.59. The summed E-state index contributed by atoms with van der Waals surface area (Å²) in [5.74, 6) is -0.155. The molecule has 4 heteroatoms. The van der Waals surface area contributed by atoms with Crippen molar-refractivity contribution in [2.45, 2.75) is 19.5 Å². The monoisotopic (exact) mass is 288 g/mol. The zero-order chi connectivity index (χ0) is 14.5. The minimum atomic E-state index is -0.269. The van der Waals surface area contributed by atoms with E-state index in [4.69, 9.17) is 5.73 Å². The summed E-state index contributed by atoms with van der Waals surface area (Å²) in [6, 6.07) is 13.5. The van der Waals surface area contributed by atoms with Gasteiger partial charge in [-0.1, -0.05) is 43.3 Å². The molecule has 20 heavy (non-hydrogen) atoms. The van der Waals surface area contributed by atoms with Crippen molar-refractivity contribution in [3.63, 3.8) is 0 Å². The highest BCUT2D eigenvalue weighted by Crippen LogP contribution is 2.21. The maximum absolute atomic E-state index is 12.4. The van der Waals surface area contributed by atoms with Gasteiger partial charge in [-0.25, -0.2) is 0 Å². The molecule has 3 nitrogen and oxygen atoms in total. The van der Waals surface area contributed by atoms with Gasteiger partial charge in [0, 0.05) is 18.0 Å². The summed E-state index contributed by atoms with van der Waals surface area (Å²) in [5.41, 5.74) is 7.20. The minimum Gasteiger partial charge on any atom is -0.340 e. The Morgan fingerprint density at radius 1 is 1.25 bits per heavy atom. The molecule has 0 aliphatic carbocycles. The van der Waals surface area contributed by atoms with Gasteiger partial charge in [-0.15, -0.1) is 11.3 Å². The average molecular weight is 288 g/mol. The molecule has 0 saturated carbocycles. The molecule has 1 aromatic carbocycles. The first-order valence-corrected chi connectivity index (χ1v) is 7.55. The third-order valence-corrected chi connectivity index (χ3v) is 4.32. The molecule has 1 amide bonds. The highest BCUT2D eigenvalue weighted by atomic mass is 32.1. The molecule has 0 aliphatic rings. The van der Waals surface area contributed by atoms with Crippen LogP contribution in [0.25, 0.3) is 0 Å². The van der Waals surface area contributed by atoms with E-state index in [2.05, 4.69) is 0 Å². The van der Waals surface area contributed by atoms with E-state index in [1.165, 1.54) is 4.88 Å². The Kier molecular flexibility index (Phi) is 4.93. The van der Waals surface area contributed by atoms with E-state index in [-0.39, 0.29) is 17.9 Å². The molecule has 0 bridgehead atoms. The Bertz CT molecular complexity index is 539. The lowest BCUT2D eigenvalue weighted by molar-refractivity contribution is -0.134. The highest BCUT2D eigenvalue weighted by Gasteiger charge is 2.24. The molecular weight excluding hydrogens is 268 g/mol. The maximum Gasteiger partial charge on any atom is 0.227 e. The van der Waals surface area contributed by atoms with Crippen LogP contribution >= 0.6 is 11.3 Å². The summed E-state index contributed by atoms with van der Waals surface area (Å²) in [5, 5.41) is 2.02. The zero-order valence-electron chi connectivity index (χ0n) is 11.8. The summed E-state index contributed by atoms with van der Waals surface area (Å²) in [6.07, 6.45) is 0. The van der Waals surface area contributed by atoms with Crippen molar-refractivity contribution >= 4 is 17.2 Å². The van der Waals surface area contributed by atoms with Crippen LogP contribution in [-0.4, -0.2) is 17.9 Å². The Morgan fingerprint density at radius 2 is 1.95 bits per heavy atom. The number of thiophene rings is 1. The molecule has 0 saturated heterocycles. The van der Waals surface area contributed by atoms with Crippen LogP contribution in [0.1, 0.15) is 23.4 Å². The molecule has 1 heterocycles. The number of benzene rings is 1. The lowest BCUT2D eigenvalue weighted by Gasteiger charge is -2.25. The van der Waals surface area contributed by atoms with E-state index >= 15 is 0 Å². The van der Waals surface area contributed by atoms with Crippen LogP contribution in [-0.2, 0) is 11.3 Å². The van der Waals surface area contributed by atoms with Gasteiger partial charge in [0.2, 0.25) is 5.91 Å². The fraction of sp³-hybridized carbons (Fsp3) is 0.312. The number of nitrogens with zero attached hydrogens (tertiary/aromatic N) is 1. The SMILES string of the molecule is CC(C(=O)N(C)Cc1cccs1)C(N)c1ccccc1. The molecule has 2 unspecified atom stereocenters. The molecule has 0 fully saturated rings. The van der Waals surface area contributed by atoms with Gasteiger partial charge < -0.3 is 10.6 Å². The van der Waals surface area contributed by atoms with Crippen molar-refractivity contribution < 1.29 is 4.79 Å². The van der Waals surface area contributed by atoms with E-state index in [0.717, 1.165) is 5.56 Å². The van der Waals surface area contributed by atoms with Crippen LogP contribution < -0.4 is 5.73 Å². The van der Waals surface area contributed by atoms with E-state index in [9.17, 15) is 4.79 Å². The number of nitrogens with two attached hydrogens (primary N) is 1. The van der Waals surface area contributed by atoms with E-state index in [0.29, 0.717) is 6.54 Å². The standard InChI is InChI=1S/C16H20N2OS/c1-12(15(17)13-7-4-3-5-8-13)16(19)18(2)11-14-9-6-10-20-14/h3-10,12,15H,11,17H2,1-2H3. The molecule has 0 spiro atoms. The number of hydrogen-bond acceptors (Lipinski definition) is 3. The average Bonchev–Trinajstić information content (AvgIpc) is 2.98. The molecule has 2 atom stereocenters. The number of rotatable bonds is 5. The topological polar surface area (TPSA) is 46.3 Å². The first kappa shape index (κ1) is 14.8. The molecule has 2 aromatic rings. The van der Waals surface area contributed by atoms with Crippen LogP contribution in [0, 0.1) is 5.92 Å². The first-order valence-electron chi connectivity index (χ1n) is 6.67. The highest BCUT2D eigenvalue weighted by molar-refractivity contribution is 7.09. The van der Waals surface area contributed by atoms with E-state index in [1.807, 2.05) is 61.8 Å². The van der Waals surface area contributed by atoms with Gasteiger partial charge in [0.15, 0.2) is 0 Å². The lowest BCUT2D eigenvalue weighted by Crippen LogP contribution is -2.36. The van der Waals surface area contributed by atoms with Crippen molar-refractivity contribution in [1.82, 2.24) is 4.90 Å². The predicted molar refractivity (Wildman–Crippen MR) is 83.3 cm³/mol. The summed E-state index contributed by atoms with van der Waals surface area (Å²) in [7, 11) is 1.83.